The number of aromatic nitrogens is 1. The van der Waals surface area contributed by atoms with Crippen molar-refractivity contribution in [2.45, 2.75) is 17.7 Å². The van der Waals surface area contributed by atoms with Gasteiger partial charge in [0, 0.05) is 36.2 Å². The van der Waals surface area contributed by atoms with Gasteiger partial charge in [0.15, 0.2) is 0 Å². The molecule has 3 amide bonds. The van der Waals surface area contributed by atoms with Crippen molar-refractivity contribution in [1.29, 1.82) is 0 Å². The molecule has 2 N–H and O–H groups in total. The highest BCUT2D eigenvalue weighted by Crippen LogP contribution is 2.40. The summed E-state index contributed by atoms with van der Waals surface area (Å²) in [6.45, 7) is 0.800. The summed E-state index contributed by atoms with van der Waals surface area (Å²) in [4.78, 5) is 27.0. The summed E-state index contributed by atoms with van der Waals surface area (Å²) >= 11 is 18.7. The molecule has 12 heteroatoms. The van der Waals surface area contributed by atoms with Crippen LogP contribution in [-0.4, -0.2) is 50.0 Å². The van der Waals surface area contributed by atoms with Gasteiger partial charge in [-0.15, -0.1) is 0 Å². The van der Waals surface area contributed by atoms with E-state index in [9.17, 15) is 18.0 Å². The zero-order valence-corrected chi connectivity index (χ0v) is 23.8. The molecule has 1 aromatic heterocycles. The highest BCUT2D eigenvalue weighted by Gasteiger charge is 2.31. The fourth-order valence-corrected chi connectivity index (χ4v) is 6.13. The number of amides is 3. The molecular weight excluding hydrogens is 583 g/mol. The van der Waals surface area contributed by atoms with E-state index in [0.29, 0.717) is 40.1 Å². The highest BCUT2D eigenvalue weighted by molar-refractivity contribution is 7.90. The number of carbonyl (C=O) groups excluding carboxylic acids is 2. The van der Waals surface area contributed by atoms with Crippen LogP contribution in [0.1, 0.15) is 21.6 Å². The number of benzene rings is 3. The number of fused-ring (bicyclic) bond motifs is 3. The molecule has 3 aromatic carbocycles. The molecule has 1 aliphatic heterocycles. The lowest BCUT2D eigenvalue weighted by Crippen LogP contribution is -2.40. The van der Waals surface area contributed by atoms with E-state index in [2.05, 4.69) is 5.32 Å². The molecule has 2 heterocycles. The molecule has 39 heavy (non-hydrogen) atoms. The first-order valence-electron chi connectivity index (χ1n) is 12.0. The number of nitrogens with zero attached hydrogens (tertiary/aromatic N) is 2. The van der Waals surface area contributed by atoms with Crippen molar-refractivity contribution in [1.82, 2.24) is 19.5 Å². The maximum Gasteiger partial charge on any atom is 0.328 e. The van der Waals surface area contributed by atoms with Gasteiger partial charge in [0.1, 0.15) is 5.69 Å². The Morgan fingerprint density at radius 3 is 2.36 bits per heavy atom. The van der Waals surface area contributed by atoms with Crippen LogP contribution >= 0.6 is 34.8 Å². The van der Waals surface area contributed by atoms with E-state index in [1.54, 1.807) is 18.0 Å². The molecule has 202 valence electrons. The average molecular weight is 606 g/mol. The minimum atomic E-state index is -4.01. The van der Waals surface area contributed by atoms with Crippen LogP contribution in [0.4, 0.5) is 4.79 Å². The van der Waals surface area contributed by atoms with Gasteiger partial charge in [-0.25, -0.2) is 17.9 Å². The molecule has 0 saturated carbocycles. The first-order valence-corrected chi connectivity index (χ1v) is 14.6. The molecule has 5 rings (SSSR count). The quantitative estimate of drug-likeness (QED) is 0.305. The van der Waals surface area contributed by atoms with Crippen molar-refractivity contribution in [3.63, 3.8) is 0 Å². The Hall–Kier alpha value is -3.24. The Morgan fingerprint density at radius 2 is 1.67 bits per heavy atom. The molecule has 4 aromatic rings. The molecular formula is C27H23Cl3N4O4S. The van der Waals surface area contributed by atoms with Crippen LogP contribution in [0.15, 0.2) is 65.6 Å². The topological polar surface area (TPSA) is 101 Å². The van der Waals surface area contributed by atoms with Crippen molar-refractivity contribution in [3.05, 3.63) is 92.6 Å². The Morgan fingerprint density at radius 1 is 0.974 bits per heavy atom. The van der Waals surface area contributed by atoms with Crippen LogP contribution in [0, 0.1) is 0 Å². The Balaban J connectivity index is 1.31. The molecule has 0 unspecified atom stereocenters. The average Bonchev–Trinajstić information content (AvgIpc) is 3.24. The summed E-state index contributed by atoms with van der Waals surface area (Å²) < 4.78 is 28.6. The zero-order valence-electron chi connectivity index (χ0n) is 20.7. The van der Waals surface area contributed by atoms with Gasteiger partial charge >= 0.3 is 6.03 Å². The van der Waals surface area contributed by atoms with Gasteiger partial charge in [0.25, 0.3) is 15.9 Å². The van der Waals surface area contributed by atoms with E-state index in [1.807, 2.05) is 39.6 Å². The van der Waals surface area contributed by atoms with Crippen LogP contribution in [-0.2, 0) is 22.9 Å². The minimum Gasteiger partial charge on any atom is -0.340 e. The Kier molecular flexibility index (Phi) is 7.52. The maximum atomic E-state index is 13.2. The van der Waals surface area contributed by atoms with E-state index in [4.69, 9.17) is 34.8 Å². The normalized spacial score (nSPS) is 13.4. The third-order valence-electron chi connectivity index (χ3n) is 6.62. The van der Waals surface area contributed by atoms with Gasteiger partial charge in [0.05, 0.1) is 20.5 Å². The van der Waals surface area contributed by atoms with Gasteiger partial charge in [-0.1, -0.05) is 46.9 Å². The lowest BCUT2D eigenvalue weighted by molar-refractivity contribution is 0.0773. The van der Waals surface area contributed by atoms with Gasteiger partial charge in [-0.05, 0) is 72.5 Å². The van der Waals surface area contributed by atoms with E-state index in [1.165, 1.54) is 24.3 Å². The van der Waals surface area contributed by atoms with Gasteiger partial charge in [-0.2, -0.15) is 0 Å². The van der Waals surface area contributed by atoms with Crippen molar-refractivity contribution in [3.8, 4) is 5.69 Å². The van der Waals surface area contributed by atoms with Gasteiger partial charge < -0.3 is 14.8 Å². The molecule has 8 nitrogen and oxygen atoms in total. The van der Waals surface area contributed by atoms with Crippen molar-refractivity contribution in [2.24, 2.45) is 0 Å². The number of urea groups is 1. The zero-order chi connectivity index (χ0) is 27.9. The van der Waals surface area contributed by atoms with Crippen molar-refractivity contribution in [2.75, 3.05) is 20.1 Å². The van der Waals surface area contributed by atoms with Crippen molar-refractivity contribution < 1.29 is 18.0 Å². The molecule has 0 atom stereocenters. The van der Waals surface area contributed by atoms with Crippen LogP contribution in [0.25, 0.3) is 16.6 Å². The van der Waals surface area contributed by atoms with Gasteiger partial charge in [0.2, 0.25) is 0 Å². The van der Waals surface area contributed by atoms with Gasteiger partial charge in [-0.3, -0.25) is 4.79 Å². The van der Waals surface area contributed by atoms with Crippen LogP contribution in [0.3, 0.4) is 0 Å². The monoisotopic (exact) mass is 604 g/mol. The summed E-state index contributed by atoms with van der Waals surface area (Å²) in [6, 6.07) is 15.8. The summed E-state index contributed by atoms with van der Waals surface area (Å²) in [5.41, 5.74) is 3.94. The molecule has 0 spiro atoms. The summed E-state index contributed by atoms with van der Waals surface area (Å²) in [6.07, 6.45) is 1.13. The molecule has 1 aliphatic rings. The lowest BCUT2D eigenvalue weighted by atomic mass is 10.0. The van der Waals surface area contributed by atoms with Crippen LogP contribution in [0.2, 0.25) is 15.1 Å². The molecule has 0 bridgehead atoms. The number of carbonyl (C=O) groups is 2. The number of hydrogen-bond acceptors (Lipinski definition) is 4. The standard InChI is InChI=1S/C27H23Cl3N4O4S/c1-33-15-13-20-23-22(11-10-21(29)24(23)30)34(25(20)26(33)35)18-6-2-16(3-7-18)12-14-31-27(36)32-39(37,38)19-8-4-17(28)5-9-19/h2-11H,12-15H2,1H3,(H2,31,32,36). The highest BCUT2D eigenvalue weighted by atomic mass is 35.5. The van der Waals surface area contributed by atoms with E-state index in [-0.39, 0.29) is 17.3 Å². The number of nitrogens with one attached hydrogen (secondary N) is 2. The fourth-order valence-electron chi connectivity index (χ4n) is 4.65. The molecule has 0 fully saturated rings. The first kappa shape index (κ1) is 27.3. The Bertz CT molecular complexity index is 1700. The number of rotatable bonds is 6. The van der Waals surface area contributed by atoms with E-state index >= 15 is 0 Å². The van der Waals surface area contributed by atoms with Crippen LogP contribution < -0.4 is 10.0 Å². The third-order valence-corrected chi connectivity index (χ3v) is 9.02. The second-order valence-electron chi connectivity index (χ2n) is 9.13. The second kappa shape index (κ2) is 10.7. The number of halogens is 3. The second-order valence-corrected chi connectivity index (χ2v) is 12.0. The molecule has 0 aliphatic carbocycles. The largest absolute Gasteiger partial charge is 0.340 e. The fraction of sp³-hybridized carbons (Fsp3) is 0.185. The third kappa shape index (κ3) is 5.32. The smallest absolute Gasteiger partial charge is 0.328 e. The maximum absolute atomic E-state index is 13.2. The summed E-state index contributed by atoms with van der Waals surface area (Å²) in [5.74, 6) is -0.0903. The first-order chi connectivity index (χ1) is 18.6. The molecule has 0 radical (unpaired) electrons. The number of hydrogen-bond donors (Lipinski definition) is 2. The van der Waals surface area contributed by atoms with Crippen molar-refractivity contribution >= 4 is 67.7 Å². The summed E-state index contributed by atoms with van der Waals surface area (Å²) in [7, 11) is -2.24. The number of sulfonamides is 1. The Labute approximate surface area is 240 Å². The predicted octanol–water partition coefficient (Wildman–Crippen LogP) is 5.45. The summed E-state index contributed by atoms with van der Waals surface area (Å²) in [5, 5.41) is 4.60. The molecule has 0 saturated heterocycles. The lowest BCUT2D eigenvalue weighted by Gasteiger charge is -2.24. The van der Waals surface area contributed by atoms with E-state index in [0.717, 1.165) is 27.7 Å². The number of likely N-dealkylation sites (N-methyl/N-ethyl adjacent to an activating group) is 1. The van der Waals surface area contributed by atoms with E-state index < -0.39 is 16.1 Å². The predicted molar refractivity (Wildman–Crippen MR) is 153 cm³/mol. The SMILES string of the molecule is CN1CCc2c(n(-c3ccc(CCNC(=O)NS(=O)(=O)c4ccc(Cl)cc4)cc3)c3ccc(Cl)c(Cl)c23)C1=O. The van der Waals surface area contributed by atoms with Crippen LogP contribution in [0.5, 0.6) is 0 Å². The minimum absolute atomic E-state index is 0.0643.